The van der Waals surface area contributed by atoms with E-state index in [0.717, 1.165) is 12.1 Å². The minimum Gasteiger partial charge on any atom is -0.494 e. The van der Waals surface area contributed by atoms with Gasteiger partial charge < -0.3 is 9.72 Å². The number of aromatic nitrogens is 7. The van der Waals surface area contributed by atoms with Crippen molar-refractivity contribution in [1.29, 1.82) is 0 Å². The molecule has 9 nitrogen and oxygen atoms in total. The molecule has 2 N–H and O–H groups in total. The normalized spacial score (nSPS) is 13.7. The number of H-pyrrole nitrogens is 2. The largest absolute Gasteiger partial charge is 0.494 e. The number of hydrogen-bond acceptors (Lipinski definition) is 6. The van der Waals surface area contributed by atoms with E-state index in [1.54, 1.807) is 12.1 Å². The highest BCUT2D eigenvalue weighted by Crippen LogP contribution is 2.33. The lowest BCUT2D eigenvalue weighted by Crippen LogP contribution is -2.13. The maximum Gasteiger partial charge on any atom is 0.389 e. The molecule has 0 radical (unpaired) electrons. The van der Waals surface area contributed by atoms with Crippen molar-refractivity contribution in [3.05, 3.63) is 52.9 Å². The highest BCUT2D eigenvalue weighted by atomic mass is 19.4. The fourth-order valence-electron chi connectivity index (χ4n) is 4.10. The molecule has 37 heavy (non-hydrogen) atoms. The number of ether oxygens (including phenoxy) is 1. The van der Waals surface area contributed by atoms with Crippen molar-refractivity contribution < 1.29 is 17.9 Å². The molecule has 0 spiro atoms. The van der Waals surface area contributed by atoms with Crippen LogP contribution >= 0.6 is 0 Å². The third kappa shape index (κ3) is 6.43. The van der Waals surface area contributed by atoms with E-state index in [1.807, 2.05) is 35.1 Å². The van der Waals surface area contributed by atoms with Crippen LogP contribution in [0.25, 0.3) is 33.9 Å². The second-order valence-electron chi connectivity index (χ2n) is 9.20. The first kappa shape index (κ1) is 24.7. The molecule has 3 heterocycles. The predicted molar refractivity (Wildman–Crippen MR) is 130 cm³/mol. The lowest BCUT2D eigenvalue weighted by atomic mass is 10.0. The molecule has 194 valence electrons. The summed E-state index contributed by atoms with van der Waals surface area (Å²) in [6.45, 7) is 1.18. The van der Waals surface area contributed by atoms with Gasteiger partial charge in [0.05, 0.1) is 17.9 Å². The Kier molecular flexibility index (Phi) is 7.06. The van der Waals surface area contributed by atoms with Gasteiger partial charge in [0.1, 0.15) is 5.75 Å². The number of nitrogens with zero attached hydrogens (tertiary/aromatic N) is 5. The second-order valence-corrected chi connectivity index (χ2v) is 9.20. The average Bonchev–Trinajstić information content (AvgIpc) is 3.30. The Balaban J connectivity index is 1.33. The fourth-order valence-corrected chi connectivity index (χ4v) is 4.10. The number of rotatable bonds is 11. The highest BCUT2D eigenvalue weighted by molar-refractivity contribution is 5.81. The third-order valence-electron chi connectivity index (χ3n) is 6.20. The fraction of sp³-hybridized carbons (Fsp3) is 0.400. The summed E-state index contributed by atoms with van der Waals surface area (Å²) in [6, 6.07) is 10.9. The lowest BCUT2D eigenvalue weighted by Gasteiger charge is -2.10. The van der Waals surface area contributed by atoms with E-state index < -0.39 is 12.6 Å². The zero-order chi connectivity index (χ0) is 25.8. The molecule has 1 saturated carbocycles. The maximum absolute atomic E-state index is 13.2. The molecule has 12 heteroatoms. The number of tetrazole rings is 1. The predicted octanol–water partition coefficient (Wildman–Crippen LogP) is 5.00. The van der Waals surface area contributed by atoms with Crippen LogP contribution in [0.1, 0.15) is 38.5 Å². The van der Waals surface area contributed by atoms with Crippen molar-refractivity contribution in [2.45, 2.75) is 51.2 Å². The Morgan fingerprint density at radius 1 is 1.08 bits per heavy atom. The first-order chi connectivity index (χ1) is 17.9. The number of aromatic amines is 2. The van der Waals surface area contributed by atoms with E-state index in [9.17, 15) is 18.0 Å². The molecule has 0 saturated heterocycles. The quantitative estimate of drug-likeness (QED) is 0.273. The highest BCUT2D eigenvalue weighted by Gasteiger charge is 2.26. The van der Waals surface area contributed by atoms with Gasteiger partial charge in [-0.2, -0.15) is 23.5 Å². The monoisotopic (exact) mass is 513 g/mol. The molecule has 0 amide bonds. The van der Waals surface area contributed by atoms with Crippen molar-refractivity contribution in [3.63, 3.8) is 0 Å². The first-order valence-corrected chi connectivity index (χ1v) is 12.2. The SMILES string of the molecule is O=c1[nH]c(-c2ccc(OCCCCCC(F)(F)F)cc2)cc(-c2ccn(CC3CC3)n2)c1-c1nn[nH]n1. The molecule has 0 unspecified atom stereocenters. The Bertz CT molecular complexity index is 1370. The van der Waals surface area contributed by atoms with E-state index in [1.165, 1.54) is 12.8 Å². The number of pyridine rings is 1. The van der Waals surface area contributed by atoms with Crippen LogP contribution in [0, 0.1) is 5.92 Å². The van der Waals surface area contributed by atoms with Crippen LogP contribution < -0.4 is 10.3 Å². The molecule has 0 bridgehead atoms. The zero-order valence-corrected chi connectivity index (χ0v) is 20.0. The van der Waals surface area contributed by atoms with E-state index in [0.29, 0.717) is 48.1 Å². The Morgan fingerprint density at radius 2 is 1.89 bits per heavy atom. The van der Waals surface area contributed by atoms with Gasteiger partial charge in [-0.25, -0.2) is 0 Å². The van der Waals surface area contributed by atoms with Crippen LogP contribution in [0.2, 0.25) is 0 Å². The molecule has 0 atom stereocenters. The van der Waals surface area contributed by atoms with Crippen LogP contribution in [0.3, 0.4) is 0 Å². The Labute approximate surface area is 210 Å². The molecule has 1 aliphatic carbocycles. The maximum atomic E-state index is 13.2. The smallest absolute Gasteiger partial charge is 0.389 e. The summed E-state index contributed by atoms with van der Waals surface area (Å²) < 4.78 is 44.2. The van der Waals surface area contributed by atoms with Gasteiger partial charge >= 0.3 is 6.18 Å². The Morgan fingerprint density at radius 3 is 2.59 bits per heavy atom. The second kappa shape index (κ2) is 10.6. The minimum absolute atomic E-state index is 0.0974. The molecule has 3 aromatic heterocycles. The number of benzene rings is 1. The van der Waals surface area contributed by atoms with E-state index >= 15 is 0 Å². The average molecular weight is 514 g/mol. The van der Waals surface area contributed by atoms with Gasteiger partial charge in [0, 0.05) is 30.4 Å². The summed E-state index contributed by atoms with van der Waals surface area (Å²) in [7, 11) is 0. The van der Waals surface area contributed by atoms with Crippen molar-refractivity contribution in [2.24, 2.45) is 5.92 Å². The molecular formula is C25H26F3N7O2. The number of alkyl halides is 3. The van der Waals surface area contributed by atoms with Crippen LogP contribution in [-0.4, -0.2) is 48.2 Å². The van der Waals surface area contributed by atoms with E-state index in [-0.39, 0.29) is 23.4 Å². The lowest BCUT2D eigenvalue weighted by molar-refractivity contribution is -0.135. The van der Waals surface area contributed by atoms with Crippen molar-refractivity contribution in [1.82, 2.24) is 35.4 Å². The standard InChI is InChI=1S/C25H26F3N7O2/c26-25(27,28)11-2-1-3-13-37-18-8-6-17(7-9-18)21-14-19(20-10-12-35(32-20)15-16-4-5-16)22(24(36)29-21)23-30-33-34-31-23/h6-10,12,14,16H,1-5,11,13,15H2,(H,29,36)(H,30,31,33,34). The van der Waals surface area contributed by atoms with Gasteiger partial charge in [-0.1, -0.05) is 0 Å². The van der Waals surface area contributed by atoms with E-state index in [4.69, 9.17) is 4.74 Å². The number of hydrogen-bond donors (Lipinski definition) is 2. The number of halogens is 3. The van der Waals surface area contributed by atoms with Gasteiger partial charge in [-0.3, -0.25) is 9.48 Å². The molecule has 1 fully saturated rings. The summed E-state index contributed by atoms with van der Waals surface area (Å²) in [6.07, 6.45) is 0.521. The van der Waals surface area contributed by atoms with Gasteiger partial charge in [-0.05, 0) is 85.2 Å². The summed E-state index contributed by atoms with van der Waals surface area (Å²) in [5.41, 5.74) is 2.48. The molecule has 1 aliphatic rings. The summed E-state index contributed by atoms with van der Waals surface area (Å²) >= 11 is 0. The topological polar surface area (TPSA) is 114 Å². The van der Waals surface area contributed by atoms with Crippen LogP contribution in [-0.2, 0) is 6.54 Å². The Hall–Kier alpha value is -3.96. The number of unbranched alkanes of at least 4 members (excludes halogenated alkanes) is 2. The molecular weight excluding hydrogens is 487 g/mol. The van der Waals surface area contributed by atoms with Crippen molar-refractivity contribution in [3.8, 4) is 39.7 Å². The van der Waals surface area contributed by atoms with Gasteiger partial charge in [0.15, 0.2) is 0 Å². The van der Waals surface area contributed by atoms with Gasteiger partial charge in [-0.15, -0.1) is 10.2 Å². The van der Waals surface area contributed by atoms with Gasteiger partial charge in [0.2, 0.25) is 5.82 Å². The third-order valence-corrected chi connectivity index (χ3v) is 6.20. The molecule has 0 aliphatic heterocycles. The van der Waals surface area contributed by atoms with Crippen LogP contribution in [0.15, 0.2) is 47.4 Å². The molecule has 4 aromatic rings. The van der Waals surface area contributed by atoms with Crippen molar-refractivity contribution in [2.75, 3.05) is 6.61 Å². The van der Waals surface area contributed by atoms with Crippen LogP contribution in [0.5, 0.6) is 5.75 Å². The summed E-state index contributed by atoms with van der Waals surface area (Å²) in [5, 5.41) is 18.7. The van der Waals surface area contributed by atoms with E-state index in [2.05, 4.69) is 30.7 Å². The van der Waals surface area contributed by atoms with Crippen molar-refractivity contribution >= 4 is 0 Å². The molecule has 5 rings (SSSR count). The van der Waals surface area contributed by atoms with Gasteiger partial charge in [0.25, 0.3) is 5.56 Å². The number of nitrogens with one attached hydrogen (secondary N) is 2. The zero-order valence-electron chi connectivity index (χ0n) is 20.0. The van der Waals surface area contributed by atoms with Crippen LogP contribution in [0.4, 0.5) is 13.2 Å². The minimum atomic E-state index is -4.11. The summed E-state index contributed by atoms with van der Waals surface area (Å²) in [4.78, 5) is 16.0. The first-order valence-electron chi connectivity index (χ1n) is 12.2. The molecule has 1 aromatic carbocycles. The summed E-state index contributed by atoms with van der Waals surface area (Å²) in [5.74, 6) is 1.43.